The molecule has 114 valence electrons. The van der Waals surface area contributed by atoms with Gasteiger partial charge in [-0.2, -0.15) is 0 Å². The van der Waals surface area contributed by atoms with Crippen LogP contribution in [-0.4, -0.2) is 59.0 Å². The van der Waals surface area contributed by atoms with Gasteiger partial charge in [0.05, 0.1) is 11.0 Å². The van der Waals surface area contributed by atoms with Crippen molar-refractivity contribution in [3.05, 3.63) is 24.0 Å². The van der Waals surface area contributed by atoms with Gasteiger partial charge in [-0.25, -0.2) is 4.98 Å². The van der Waals surface area contributed by atoms with Gasteiger partial charge in [0.1, 0.15) is 5.82 Å². The third kappa shape index (κ3) is 3.19. The minimum absolute atomic E-state index is 0.689. The smallest absolute Gasteiger partial charge is 0.108 e. The summed E-state index contributed by atoms with van der Waals surface area (Å²) in [6, 6.07) is 6.52. The standard InChI is InChI=1S/C16H25N5/c1-3-13-11-21(9-8-20(13)2)7-6-16-18-14-5-4-12(17)10-15(14)19-16/h4-5,10,13H,3,6-9,11,17H2,1-2H3,(H,18,19). The summed E-state index contributed by atoms with van der Waals surface area (Å²) in [7, 11) is 2.23. The van der Waals surface area contributed by atoms with Gasteiger partial charge >= 0.3 is 0 Å². The van der Waals surface area contributed by atoms with Gasteiger partial charge in [-0.15, -0.1) is 0 Å². The van der Waals surface area contributed by atoms with Gasteiger partial charge in [0, 0.05) is 44.3 Å². The first-order valence-electron chi connectivity index (χ1n) is 7.82. The number of anilines is 1. The van der Waals surface area contributed by atoms with Crippen molar-refractivity contribution in [3.63, 3.8) is 0 Å². The summed E-state index contributed by atoms with van der Waals surface area (Å²) in [4.78, 5) is 13.0. The van der Waals surface area contributed by atoms with E-state index in [-0.39, 0.29) is 0 Å². The number of piperazine rings is 1. The molecule has 1 unspecified atom stereocenters. The van der Waals surface area contributed by atoms with Crippen molar-refractivity contribution in [3.8, 4) is 0 Å². The van der Waals surface area contributed by atoms with Crippen molar-refractivity contribution in [1.29, 1.82) is 0 Å². The molecule has 1 atom stereocenters. The van der Waals surface area contributed by atoms with Gasteiger partial charge in [-0.1, -0.05) is 6.92 Å². The quantitative estimate of drug-likeness (QED) is 0.841. The fraction of sp³-hybridized carbons (Fsp3) is 0.562. The molecule has 2 heterocycles. The molecule has 1 aliphatic rings. The Bertz CT molecular complexity index is 606. The highest BCUT2D eigenvalue weighted by Gasteiger charge is 2.22. The Hall–Kier alpha value is -1.59. The molecule has 0 bridgehead atoms. The molecule has 0 radical (unpaired) electrons. The number of imidazole rings is 1. The van der Waals surface area contributed by atoms with Crippen molar-refractivity contribution in [1.82, 2.24) is 19.8 Å². The van der Waals surface area contributed by atoms with E-state index in [1.165, 1.54) is 13.0 Å². The van der Waals surface area contributed by atoms with E-state index in [1.807, 2.05) is 18.2 Å². The zero-order chi connectivity index (χ0) is 14.8. The lowest BCUT2D eigenvalue weighted by Crippen LogP contribution is -2.51. The van der Waals surface area contributed by atoms with Gasteiger partial charge in [0.2, 0.25) is 0 Å². The first-order valence-corrected chi connectivity index (χ1v) is 7.82. The minimum Gasteiger partial charge on any atom is -0.399 e. The molecule has 3 rings (SSSR count). The summed E-state index contributed by atoms with van der Waals surface area (Å²) in [6.45, 7) is 6.82. The van der Waals surface area contributed by atoms with Crippen molar-refractivity contribution in [2.45, 2.75) is 25.8 Å². The topological polar surface area (TPSA) is 61.2 Å². The van der Waals surface area contributed by atoms with Gasteiger partial charge < -0.3 is 20.5 Å². The minimum atomic E-state index is 0.689. The molecule has 0 aliphatic carbocycles. The molecule has 21 heavy (non-hydrogen) atoms. The zero-order valence-corrected chi connectivity index (χ0v) is 13.0. The van der Waals surface area contributed by atoms with E-state index in [2.05, 4.69) is 33.7 Å². The monoisotopic (exact) mass is 287 g/mol. The average molecular weight is 287 g/mol. The van der Waals surface area contributed by atoms with Crippen LogP contribution in [0, 0.1) is 0 Å². The molecule has 0 spiro atoms. The summed E-state index contributed by atoms with van der Waals surface area (Å²) in [5.74, 6) is 1.06. The van der Waals surface area contributed by atoms with Crippen molar-refractivity contribution < 1.29 is 0 Å². The van der Waals surface area contributed by atoms with E-state index in [9.17, 15) is 0 Å². The highest BCUT2D eigenvalue weighted by molar-refractivity contribution is 5.78. The molecule has 5 nitrogen and oxygen atoms in total. The highest BCUT2D eigenvalue weighted by atomic mass is 15.3. The normalized spacial score (nSPS) is 21.1. The fourth-order valence-corrected chi connectivity index (χ4v) is 3.12. The lowest BCUT2D eigenvalue weighted by Gasteiger charge is -2.39. The molecule has 1 fully saturated rings. The fourth-order valence-electron chi connectivity index (χ4n) is 3.12. The van der Waals surface area contributed by atoms with Crippen molar-refractivity contribution in [2.75, 3.05) is 39.0 Å². The van der Waals surface area contributed by atoms with Crippen LogP contribution in [0.2, 0.25) is 0 Å². The van der Waals surface area contributed by atoms with Crippen LogP contribution in [-0.2, 0) is 6.42 Å². The lowest BCUT2D eigenvalue weighted by molar-refractivity contribution is 0.0938. The van der Waals surface area contributed by atoms with Crippen LogP contribution in [0.25, 0.3) is 11.0 Å². The van der Waals surface area contributed by atoms with Crippen LogP contribution >= 0.6 is 0 Å². The summed E-state index contributed by atoms with van der Waals surface area (Å²) in [5.41, 5.74) is 8.63. The average Bonchev–Trinajstić information content (AvgIpc) is 2.88. The van der Waals surface area contributed by atoms with Gasteiger partial charge in [-0.3, -0.25) is 0 Å². The highest BCUT2D eigenvalue weighted by Crippen LogP contribution is 2.16. The second-order valence-electron chi connectivity index (χ2n) is 6.05. The van der Waals surface area contributed by atoms with E-state index >= 15 is 0 Å². The van der Waals surface area contributed by atoms with E-state index in [4.69, 9.17) is 5.73 Å². The molecule has 1 aliphatic heterocycles. The third-order valence-corrected chi connectivity index (χ3v) is 4.55. The van der Waals surface area contributed by atoms with Crippen LogP contribution in [0.3, 0.4) is 0 Å². The second-order valence-corrected chi connectivity index (χ2v) is 6.05. The maximum atomic E-state index is 5.81. The largest absolute Gasteiger partial charge is 0.399 e. The SMILES string of the molecule is CCC1CN(CCc2nc3ccc(N)cc3[nH]2)CCN1C. The Balaban J connectivity index is 1.61. The number of nitrogen functional groups attached to an aromatic ring is 1. The molecule has 1 aromatic heterocycles. The molecule has 0 saturated carbocycles. The van der Waals surface area contributed by atoms with E-state index < -0.39 is 0 Å². The van der Waals surface area contributed by atoms with Crippen LogP contribution < -0.4 is 5.73 Å². The van der Waals surface area contributed by atoms with E-state index in [0.29, 0.717) is 6.04 Å². The van der Waals surface area contributed by atoms with Gasteiger partial charge in [0.15, 0.2) is 0 Å². The first-order chi connectivity index (χ1) is 10.2. The predicted octanol–water partition coefficient (Wildman–Crippen LogP) is 1.71. The first kappa shape index (κ1) is 14.4. The zero-order valence-electron chi connectivity index (χ0n) is 13.0. The number of likely N-dealkylation sites (N-methyl/N-ethyl adjacent to an activating group) is 1. The molecule has 2 aromatic rings. The van der Waals surface area contributed by atoms with Crippen molar-refractivity contribution in [2.24, 2.45) is 0 Å². The summed E-state index contributed by atoms with van der Waals surface area (Å²) in [6.07, 6.45) is 2.19. The number of nitrogens with two attached hydrogens (primary N) is 1. The number of nitrogens with zero attached hydrogens (tertiary/aromatic N) is 3. The number of fused-ring (bicyclic) bond motifs is 1. The summed E-state index contributed by atoms with van der Waals surface area (Å²) < 4.78 is 0. The van der Waals surface area contributed by atoms with Gasteiger partial charge in [-0.05, 0) is 31.7 Å². The number of hydrogen-bond acceptors (Lipinski definition) is 4. The number of benzene rings is 1. The summed E-state index contributed by atoms with van der Waals surface area (Å²) in [5, 5.41) is 0. The molecule has 1 aromatic carbocycles. The van der Waals surface area contributed by atoms with Crippen molar-refractivity contribution >= 4 is 16.7 Å². The van der Waals surface area contributed by atoms with Crippen LogP contribution in [0.15, 0.2) is 18.2 Å². The number of H-pyrrole nitrogens is 1. The Morgan fingerprint density at radius 2 is 2.24 bits per heavy atom. The molecule has 5 heteroatoms. The molecule has 3 N–H and O–H groups in total. The Morgan fingerprint density at radius 1 is 1.38 bits per heavy atom. The van der Waals surface area contributed by atoms with Crippen LogP contribution in [0.5, 0.6) is 0 Å². The molecular formula is C16H25N5. The molecule has 0 amide bonds. The van der Waals surface area contributed by atoms with Gasteiger partial charge in [0.25, 0.3) is 0 Å². The Labute approximate surface area is 126 Å². The number of nitrogens with one attached hydrogen (secondary N) is 1. The Kier molecular flexibility index (Phi) is 4.12. The summed E-state index contributed by atoms with van der Waals surface area (Å²) >= 11 is 0. The number of rotatable bonds is 4. The molecule has 1 saturated heterocycles. The molecular weight excluding hydrogens is 262 g/mol. The number of aromatic amines is 1. The van der Waals surface area contributed by atoms with Crippen LogP contribution in [0.1, 0.15) is 19.2 Å². The Morgan fingerprint density at radius 3 is 3.05 bits per heavy atom. The second kappa shape index (κ2) is 6.03. The maximum Gasteiger partial charge on any atom is 0.108 e. The van der Waals surface area contributed by atoms with E-state index in [1.54, 1.807) is 0 Å². The predicted molar refractivity (Wildman–Crippen MR) is 87.4 cm³/mol. The third-order valence-electron chi connectivity index (χ3n) is 4.55. The maximum absolute atomic E-state index is 5.81. The van der Waals surface area contributed by atoms with E-state index in [0.717, 1.165) is 48.6 Å². The van der Waals surface area contributed by atoms with Crippen LogP contribution in [0.4, 0.5) is 5.69 Å². The number of hydrogen-bond donors (Lipinski definition) is 2. The number of aromatic nitrogens is 2. The lowest BCUT2D eigenvalue weighted by atomic mass is 10.1.